The molecule has 1 heterocycles. The number of methoxy groups -OCH3 is 2. The van der Waals surface area contributed by atoms with Gasteiger partial charge in [-0.25, -0.2) is 4.79 Å². The minimum atomic E-state index is -0.618. The number of hydrogen-bond donors (Lipinski definition) is 2. The number of rotatable bonds is 2. The van der Waals surface area contributed by atoms with Gasteiger partial charge in [-0.3, -0.25) is 4.79 Å². The van der Waals surface area contributed by atoms with E-state index in [2.05, 4.69) is 9.72 Å². The van der Waals surface area contributed by atoms with E-state index in [1.165, 1.54) is 26.4 Å². The van der Waals surface area contributed by atoms with Crippen LogP contribution in [0, 0.1) is 0 Å². The number of esters is 1. The Morgan fingerprint density at radius 2 is 2.00 bits per heavy atom. The van der Waals surface area contributed by atoms with E-state index in [1.54, 1.807) is 6.07 Å². The number of nitrogens with one attached hydrogen (secondary N) is 1. The lowest BCUT2D eigenvalue weighted by Gasteiger charge is -2.08. The van der Waals surface area contributed by atoms with Crippen LogP contribution in [0.15, 0.2) is 23.0 Å². The number of pyridine rings is 1. The number of anilines is 1. The van der Waals surface area contributed by atoms with Crippen LogP contribution in [0.5, 0.6) is 5.75 Å². The highest BCUT2D eigenvalue weighted by molar-refractivity contribution is 5.93. The molecule has 0 saturated heterocycles. The number of nitrogen functional groups attached to an aromatic ring is 1. The lowest BCUT2D eigenvalue weighted by atomic mass is 10.1. The number of fused-ring (bicyclic) bond motifs is 1. The van der Waals surface area contributed by atoms with Crippen molar-refractivity contribution in [3.8, 4) is 5.75 Å². The van der Waals surface area contributed by atoms with Gasteiger partial charge >= 0.3 is 5.97 Å². The van der Waals surface area contributed by atoms with Crippen LogP contribution in [0.4, 0.5) is 5.69 Å². The van der Waals surface area contributed by atoms with E-state index >= 15 is 0 Å². The second-order valence-corrected chi connectivity index (χ2v) is 3.68. The zero-order chi connectivity index (χ0) is 13.3. The summed E-state index contributed by atoms with van der Waals surface area (Å²) in [5.41, 5.74) is 6.24. The number of carbonyl (C=O) groups is 1. The third-order valence-electron chi connectivity index (χ3n) is 2.55. The van der Waals surface area contributed by atoms with E-state index in [0.29, 0.717) is 22.3 Å². The number of benzene rings is 1. The molecule has 2 rings (SSSR count). The fourth-order valence-electron chi connectivity index (χ4n) is 1.72. The molecule has 3 N–H and O–H groups in total. The summed E-state index contributed by atoms with van der Waals surface area (Å²) in [6.07, 6.45) is 0. The molecule has 0 amide bonds. The molecule has 0 saturated carbocycles. The first-order chi connectivity index (χ1) is 8.56. The van der Waals surface area contributed by atoms with E-state index in [1.807, 2.05) is 0 Å². The van der Waals surface area contributed by atoms with Crippen LogP contribution >= 0.6 is 0 Å². The highest BCUT2D eigenvalue weighted by Gasteiger charge is 2.13. The summed E-state index contributed by atoms with van der Waals surface area (Å²) in [4.78, 5) is 26.1. The van der Waals surface area contributed by atoms with Crippen molar-refractivity contribution in [1.82, 2.24) is 4.98 Å². The lowest BCUT2D eigenvalue weighted by Crippen LogP contribution is -2.12. The van der Waals surface area contributed by atoms with Gasteiger partial charge in [0.05, 0.1) is 25.1 Å². The predicted molar refractivity (Wildman–Crippen MR) is 66.9 cm³/mol. The summed E-state index contributed by atoms with van der Waals surface area (Å²) in [5, 5.41) is 0.361. The maximum Gasteiger partial charge on any atom is 0.354 e. The zero-order valence-corrected chi connectivity index (χ0v) is 9.94. The van der Waals surface area contributed by atoms with Gasteiger partial charge in [-0.2, -0.15) is 0 Å². The summed E-state index contributed by atoms with van der Waals surface area (Å²) in [6.45, 7) is 0. The van der Waals surface area contributed by atoms with E-state index < -0.39 is 5.97 Å². The van der Waals surface area contributed by atoms with Crippen molar-refractivity contribution in [2.75, 3.05) is 20.0 Å². The lowest BCUT2D eigenvalue weighted by molar-refractivity contribution is 0.0594. The number of carbonyl (C=O) groups excluding carboxylic acids is 1. The first kappa shape index (κ1) is 12.0. The molecule has 0 aliphatic heterocycles. The van der Waals surface area contributed by atoms with Gasteiger partial charge in [0.15, 0.2) is 5.43 Å². The molecule has 0 fully saturated rings. The third-order valence-corrected chi connectivity index (χ3v) is 2.55. The Bertz CT molecular complexity index is 676. The van der Waals surface area contributed by atoms with Gasteiger partial charge in [0.1, 0.15) is 11.4 Å². The Kier molecular flexibility index (Phi) is 2.93. The van der Waals surface area contributed by atoms with Crippen molar-refractivity contribution in [2.45, 2.75) is 0 Å². The molecule has 0 atom stereocenters. The topological polar surface area (TPSA) is 94.4 Å². The van der Waals surface area contributed by atoms with Crippen molar-refractivity contribution in [1.29, 1.82) is 0 Å². The zero-order valence-electron chi connectivity index (χ0n) is 9.94. The van der Waals surface area contributed by atoms with Gasteiger partial charge in [0.25, 0.3) is 0 Å². The Morgan fingerprint density at radius 1 is 1.28 bits per heavy atom. The average Bonchev–Trinajstić information content (AvgIpc) is 2.37. The molecule has 18 heavy (non-hydrogen) atoms. The molecule has 1 aromatic carbocycles. The van der Waals surface area contributed by atoms with Gasteiger partial charge in [-0.05, 0) is 6.07 Å². The monoisotopic (exact) mass is 248 g/mol. The number of hydrogen-bond acceptors (Lipinski definition) is 5. The second kappa shape index (κ2) is 4.40. The van der Waals surface area contributed by atoms with Gasteiger partial charge in [0, 0.05) is 17.8 Å². The third kappa shape index (κ3) is 1.88. The molecule has 1 aromatic heterocycles. The van der Waals surface area contributed by atoms with E-state index in [0.717, 1.165) is 0 Å². The smallest absolute Gasteiger partial charge is 0.354 e. The molecule has 0 aliphatic rings. The van der Waals surface area contributed by atoms with Crippen LogP contribution in [0.25, 0.3) is 10.9 Å². The van der Waals surface area contributed by atoms with Crippen LogP contribution < -0.4 is 15.9 Å². The van der Waals surface area contributed by atoms with Crippen LogP contribution in [0.2, 0.25) is 0 Å². The fraction of sp³-hybridized carbons (Fsp3) is 0.167. The molecule has 6 heteroatoms. The van der Waals surface area contributed by atoms with Crippen molar-refractivity contribution in [3.63, 3.8) is 0 Å². The second-order valence-electron chi connectivity index (χ2n) is 3.68. The molecule has 0 bridgehead atoms. The number of H-pyrrole nitrogens is 1. The summed E-state index contributed by atoms with van der Waals surface area (Å²) in [5.74, 6) is -0.222. The molecule has 6 nitrogen and oxygen atoms in total. The minimum absolute atomic E-state index is 0.0677. The van der Waals surface area contributed by atoms with Crippen molar-refractivity contribution < 1.29 is 14.3 Å². The number of aromatic amines is 1. The minimum Gasteiger partial charge on any atom is -0.494 e. The molecule has 0 spiro atoms. The summed E-state index contributed by atoms with van der Waals surface area (Å²) >= 11 is 0. The fourth-order valence-corrected chi connectivity index (χ4v) is 1.72. The highest BCUT2D eigenvalue weighted by Crippen LogP contribution is 2.25. The summed E-state index contributed by atoms with van der Waals surface area (Å²) in [6, 6.07) is 4.27. The van der Waals surface area contributed by atoms with Crippen LogP contribution in [-0.4, -0.2) is 25.2 Å². The van der Waals surface area contributed by atoms with Gasteiger partial charge in [0.2, 0.25) is 0 Å². The first-order valence-electron chi connectivity index (χ1n) is 5.15. The molecular formula is C12H12N2O4. The summed E-state index contributed by atoms with van der Waals surface area (Å²) in [7, 11) is 2.70. The predicted octanol–water partition coefficient (Wildman–Crippen LogP) is 0.905. The average molecular weight is 248 g/mol. The highest BCUT2D eigenvalue weighted by atomic mass is 16.5. The van der Waals surface area contributed by atoms with E-state index in [-0.39, 0.29) is 11.1 Å². The van der Waals surface area contributed by atoms with Gasteiger partial charge < -0.3 is 20.2 Å². The normalized spacial score (nSPS) is 10.3. The Balaban J connectivity index is 2.83. The van der Waals surface area contributed by atoms with Gasteiger partial charge in [-0.15, -0.1) is 0 Å². The number of nitrogens with two attached hydrogens (primary N) is 1. The summed E-state index contributed by atoms with van der Waals surface area (Å²) < 4.78 is 9.69. The van der Waals surface area contributed by atoms with Crippen LogP contribution in [-0.2, 0) is 4.74 Å². The molecule has 94 valence electrons. The van der Waals surface area contributed by atoms with E-state index in [9.17, 15) is 9.59 Å². The quantitative estimate of drug-likeness (QED) is 0.608. The molecule has 2 aromatic rings. The maximum atomic E-state index is 11.9. The Hall–Kier alpha value is -2.50. The van der Waals surface area contributed by atoms with Crippen LogP contribution in [0.1, 0.15) is 10.5 Å². The van der Waals surface area contributed by atoms with E-state index in [4.69, 9.17) is 10.5 Å². The SMILES string of the molecule is COC(=O)c1cc(=O)c2cc(N)cc(OC)c2[nH]1. The Labute approximate surface area is 102 Å². The largest absolute Gasteiger partial charge is 0.494 e. The maximum absolute atomic E-state index is 11.9. The molecule has 0 unspecified atom stereocenters. The molecule has 0 radical (unpaired) electrons. The first-order valence-corrected chi connectivity index (χ1v) is 5.15. The van der Waals surface area contributed by atoms with Crippen molar-refractivity contribution in [3.05, 3.63) is 34.1 Å². The van der Waals surface area contributed by atoms with Gasteiger partial charge in [-0.1, -0.05) is 0 Å². The Morgan fingerprint density at radius 3 is 2.61 bits per heavy atom. The van der Waals surface area contributed by atoms with Crippen LogP contribution in [0.3, 0.4) is 0 Å². The molecule has 0 aliphatic carbocycles. The van der Waals surface area contributed by atoms with Crippen molar-refractivity contribution in [2.24, 2.45) is 0 Å². The number of aromatic nitrogens is 1. The number of ether oxygens (including phenoxy) is 2. The standard InChI is InChI=1S/C12H12N2O4/c1-17-10-4-6(13)3-7-9(15)5-8(12(16)18-2)14-11(7)10/h3-5H,13H2,1-2H3,(H,14,15). The van der Waals surface area contributed by atoms with Crippen molar-refractivity contribution >= 4 is 22.6 Å². The molecular weight excluding hydrogens is 236 g/mol.